The number of anilines is 2. The van der Waals surface area contributed by atoms with Gasteiger partial charge in [-0.15, -0.1) is 0 Å². The number of sulfonamides is 1. The molecule has 8 heteroatoms. The number of fused-ring (bicyclic) bond motifs is 1. The maximum absolute atomic E-state index is 13.3. The molecule has 0 radical (unpaired) electrons. The highest BCUT2D eigenvalue weighted by molar-refractivity contribution is 7.92. The van der Waals surface area contributed by atoms with Crippen molar-refractivity contribution < 1.29 is 22.0 Å². The largest absolute Gasteiger partial charge is 0.308 e. The minimum Gasteiger partial charge on any atom is -0.308 e. The first kappa shape index (κ1) is 19.1. The second kappa shape index (κ2) is 7.29. The zero-order valence-electron chi connectivity index (χ0n) is 15.1. The van der Waals surface area contributed by atoms with Crippen LogP contribution in [-0.2, 0) is 16.4 Å². The molecule has 148 valence electrons. The first-order valence-corrected chi connectivity index (χ1v) is 10.3. The first-order valence-electron chi connectivity index (χ1n) is 8.83. The second-order valence-corrected chi connectivity index (χ2v) is 8.28. The summed E-state index contributed by atoms with van der Waals surface area (Å²) < 4.78 is 53.4. The molecular formula is C21H16F2N2O3S. The van der Waals surface area contributed by atoms with E-state index in [1.807, 2.05) is 24.3 Å². The van der Waals surface area contributed by atoms with Crippen LogP contribution < -0.4 is 9.62 Å². The second-order valence-electron chi connectivity index (χ2n) is 6.59. The molecule has 5 nitrogen and oxygen atoms in total. The van der Waals surface area contributed by atoms with Crippen LogP contribution in [0.5, 0.6) is 0 Å². The van der Waals surface area contributed by atoms with Crippen LogP contribution in [-0.4, -0.2) is 20.9 Å². The molecule has 3 aromatic rings. The number of carbonyl (C=O) groups is 1. The van der Waals surface area contributed by atoms with Crippen molar-refractivity contribution in [3.63, 3.8) is 0 Å². The van der Waals surface area contributed by atoms with Crippen LogP contribution >= 0.6 is 0 Å². The summed E-state index contributed by atoms with van der Waals surface area (Å²) in [5.74, 6) is -2.56. The number of amides is 1. The molecule has 1 amide bonds. The number of benzene rings is 3. The summed E-state index contributed by atoms with van der Waals surface area (Å²) in [4.78, 5) is 14.1. The van der Waals surface area contributed by atoms with Gasteiger partial charge in [-0.2, -0.15) is 0 Å². The fourth-order valence-electron chi connectivity index (χ4n) is 3.24. The number of para-hydroxylation sites is 1. The molecule has 29 heavy (non-hydrogen) atoms. The summed E-state index contributed by atoms with van der Waals surface area (Å²) in [5, 5.41) is 0. The zero-order valence-corrected chi connectivity index (χ0v) is 15.9. The molecule has 0 spiro atoms. The molecule has 1 N–H and O–H groups in total. The quantitative estimate of drug-likeness (QED) is 0.703. The molecule has 0 aliphatic carbocycles. The minimum absolute atomic E-state index is 0.176. The third-order valence-electron chi connectivity index (χ3n) is 4.72. The first-order chi connectivity index (χ1) is 13.8. The molecule has 1 heterocycles. The fourth-order valence-corrected chi connectivity index (χ4v) is 4.31. The number of carbonyl (C=O) groups excluding carboxylic acids is 1. The lowest BCUT2D eigenvalue weighted by molar-refractivity contribution is 0.0989. The number of nitrogens with zero attached hydrogens (tertiary/aromatic N) is 1. The third-order valence-corrected chi connectivity index (χ3v) is 6.10. The van der Waals surface area contributed by atoms with Crippen molar-refractivity contribution in [1.29, 1.82) is 0 Å². The summed E-state index contributed by atoms with van der Waals surface area (Å²) >= 11 is 0. The molecule has 0 atom stereocenters. The van der Waals surface area contributed by atoms with Gasteiger partial charge in [-0.05, 0) is 60.5 Å². The van der Waals surface area contributed by atoms with Crippen LogP contribution in [0.1, 0.15) is 15.9 Å². The van der Waals surface area contributed by atoms with Gasteiger partial charge in [0, 0.05) is 23.5 Å². The Labute approximate surface area is 166 Å². The van der Waals surface area contributed by atoms with Crippen LogP contribution in [0.3, 0.4) is 0 Å². The van der Waals surface area contributed by atoms with Crippen LogP contribution in [0.2, 0.25) is 0 Å². The van der Waals surface area contributed by atoms with Gasteiger partial charge in [0.05, 0.1) is 4.90 Å². The molecule has 0 aromatic heterocycles. The van der Waals surface area contributed by atoms with Gasteiger partial charge >= 0.3 is 0 Å². The van der Waals surface area contributed by atoms with Gasteiger partial charge in [0.2, 0.25) is 0 Å². The molecule has 0 fully saturated rings. The minimum atomic E-state index is -4.09. The molecule has 4 rings (SSSR count). The van der Waals surface area contributed by atoms with E-state index in [0.29, 0.717) is 18.2 Å². The van der Waals surface area contributed by atoms with E-state index < -0.39 is 26.6 Å². The summed E-state index contributed by atoms with van der Waals surface area (Å²) in [5.41, 5.74) is 2.60. The summed E-state index contributed by atoms with van der Waals surface area (Å²) in [6.45, 7) is 0.586. The van der Waals surface area contributed by atoms with E-state index >= 15 is 0 Å². The van der Waals surface area contributed by atoms with E-state index in [4.69, 9.17) is 0 Å². The topological polar surface area (TPSA) is 66.5 Å². The Bertz CT molecular complexity index is 1190. The molecule has 0 unspecified atom stereocenters. The summed E-state index contributed by atoms with van der Waals surface area (Å²) in [6, 6.07) is 16.0. The van der Waals surface area contributed by atoms with Crippen LogP contribution in [0.15, 0.2) is 71.6 Å². The average Bonchev–Trinajstić information content (AvgIpc) is 3.14. The van der Waals surface area contributed by atoms with Crippen molar-refractivity contribution in [2.75, 3.05) is 16.2 Å². The molecule has 3 aromatic carbocycles. The molecule has 0 saturated carbocycles. The van der Waals surface area contributed by atoms with E-state index in [2.05, 4.69) is 4.72 Å². The van der Waals surface area contributed by atoms with Crippen molar-refractivity contribution in [1.82, 2.24) is 0 Å². The third kappa shape index (κ3) is 3.71. The summed E-state index contributed by atoms with van der Waals surface area (Å²) in [7, 11) is -4.09. The Morgan fingerprint density at radius 1 is 0.931 bits per heavy atom. The van der Waals surface area contributed by atoms with Crippen LogP contribution in [0.25, 0.3) is 0 Å². The van der Waals surface area contributed by atoms with Gasteiger partial charge in [-0.25, -0.2) is 17.2 Å². The fraction of sp³-hybridized carbons (Fsp3) is 0.0952. The predicted octanol–water partition coefficient (Wildman–Crippen LogP) is 3.97. The lowest BCUT2D eigenvalue weighted by Gasteiger charge is -2.17. The van der Waals surface area contributed by atoms with Gasteiger partial charge in [0.15, 0.2) is 11.6 Å². The maximum atomic E-state index is 13.3. The molecule has 1 aliphatic heterocycles. The summed E-state index contributed by atoms with van der Waals surface area (Å²) in [6.07, 6.45) is 0.786. The lowest BCUT2D eigenvalue weighted by Crippen LogP contribution is -2.28. The Hall–Kier alpha value is -3.26. The van der Waals surface area contributed by atoms with Crippen LogP contribution in [0.4, 0.5) is 20.2 Å². The molecule has 0 saturated heterocycles. The highest BCUT2D eigenvalue weighted by atomic mass is 32.2. The zero-order chi connectivity index (χ0) is 20.6. The van der Waals surface area contributed by atoms with E-state index in [0.717, 1.165) is 29.8 Å². The van der Waals surface area contributed by atoms with Crippen molar-refractivity contribution in [2.45, 2.75) is 11.3 Å². The van der Waals surface area contributed by atoms with Gasteiger partial charge in [0.1, 0.15) is 0 Å². The number of halogens is 2. The highest BCUT2D eigenvalue weighted by Gasteiger charge is 2.25. The van der Waals surface area contributed by atoms with Crippen LogP contribution in [0, 0.1) is 11.6 Å². The number of hydrogen-bond donors (Lipinski definition) is 1. The Morgan fingerprint density at radius 3 is 2.38 bits per heavy atom. The monoisotopic (exact) mass is 414 g/mol. The standard InChI is InChI=1S/C21H16F2N2O3S/c22-18-10-9-17(13-19(18)23)29(27,28)24-16-7-5-15(6-8-16)21(26)25-12-11-14-3-1-2-4-20(14)25/h1-10,13,24H,11-12H2. The number of rotatable bonds is 4. The molecule has 0 bridgehead atoms. The van der Waals surface area contributed by atoms with Crippen molar-refractivity contribution in [3.05, 3.63) is 89.5 Å². The predicted molar refractivity (Wildman–Crippen MR) is 105 cm³/mol. The molecule has 1 aliphatic rings. The smallest absolute Gasteiger partial charge is 0.261 e. The van der Waals surface area contributed by atoms with Crippen molar-refractivity contribution >= 4 is 27.3 Å². The molecular weight excluding hydrogens is 398 g/mol. The lowest BCUT2D eigenvalue weighted by atomic mass is 10.1. The Kier molecular flexibility index (Phi) is 4.79. The van der Waals surface area contributed by atoms with Crippen molar-refractivity contribution in [2.24, 2.45) is 0 Å². The van der Waals surface area contributed by atoms with Gasteiger partial charge in [0.25, 0.3) is 15.9 Å². The van der Waals surface area contributed by atoms with Gasteiger partial charge < -0.3 is 4.90 Å². The van der Waals surface area contributed by atoms with Gasteiger partial charge in [-0.1, -0.05) is 18.2 Å². The van der Waals surface area contributed by atoms with Crippen molar-refractivity contribution in [3.8, 4) is 0 Å². The van der Waals surface area contributed by atoms with E-state index in [-0.39, 0.29) is 11.6 Å². The normalized spacial score (nSPS) is 13.2. The maximum Gasteiger partial charge on any atom is 0.261 e. The average molecular weight is 414 g/mol. The van der Waals surface area contributed by atoms with E-state index in [1.165, 1.54) is 24.3 Å². The Balaban J connectivity index is 1.52. The number of nitrogens with one attached hydrogen (secondary N) is 1. The van der Waals surface area contributed by atoms with Gasteiger partial charge in [-0.3, -0.25) is 9.52 Å². The van der Waals surface area contributed by atoms with E-state index in [1.54, 1.807) is 4.90 Å². The van der Waals surface area contributed by atoms with E-state index in [9.17, 15) is 22.0 Å². The SMILES string of the molecule is O=C(c1ccc(NS(=O)(=O)c2ccc(F)c(F)c2)cc1)N1CCc2ccccc21. The highest BCUT2D eigenvalue weighted by Crippen LogP contribution is 2.29. The Morgan fingerprint density at radius 2 is 1.66 bits per heavy atom. The number of hydrogen-bond acceptors (Lipinski definition) is 3.